The number of carbonyl (C=O) groups excluding carboxylic acids is 7. The van der Waals surface area contributed by atoms with Crippen LogP contribution in [0.25, 0.3) is 0 Å². The average molecular weight is 1080 g/mol. The molecule has 2 saturated heterocycles. The van der Waals surface area contributed by atoms with Gasteiger partial charge in [-0.2, -0.15) is 0 Å². The molecule has 0 aromatic heterocycles. The second kappa shape index (κ2) is 46.0. The van der Waals surface area contributed by atoms with E-state index in [1.807, 2.05) is 0 Å². The van der Waals surface area contributed by atoms with Crippen LogP contribution in [0.3, 0.4) is 0 Å². The van der Waals surface area contributed by atoms with Gasteiger partial charge in [-0.3, -0.25) is 38.6 Å². The minimum absolute atomic E-state index is 0.107. The van der Waals surface area contributed by atoms with E-state index >= 15 is 0 Å². The summed E-state index contributed by atoms with van der Waals surface area (Å²) in [6, 6.07) is -1.16. The fourth-order valence-electron chi connectivity index (χ4n) is 9.74. The third kappa shape index (κ3) is 35.5. The Bertz CT molecular complexity index is 1400. The zero-order chi connectivity index (χ0) is 55.3. The van der Waals surface area contributed by atoms with E-state index in [1.165, 1.54) is 37.0 Å². The molecule has 0 radical (unpaired) electrons. The summed E-state index contributed by atoms with van der Waals surface area (Å²) in [7, 11) is 0. The summed E-state index contributed by atoms with van der Waals surface area (Å²) in [5, 5.41) is 0. The van der Waals surface area contributed by atoms with Crippen molar-refractivity contribution in [2.24, 2.45) is 11.8 Å². The molecule has 2 aliphatic rings. The Kier molecular flexibility index (Phi) is 41.3. The van der Waals surface area contributed by atoms with Gasteiger partial charge in [0.2, 0.25) is 0 Å². The lowest BCUT2D eigenvalue weighted by Crippen LogP contribution is -2.46. The summed E-state index contributed by atoms with van der Waals surface area (Å²) in [6.45, 7) is 10.5. The first-order valence-corrected chi connectivity index (χ1v) is 30.6. The maximum atomic E-state index is 13.9. The fraction of sp³-hybridized carbons (Fsp3) is 0.883. The molecule has 0 aromatic carbocycles. The van der Waals surface area contributed by atoms with Gasteiger partial charge >= 0.3 is 41.9 Å². The van der Waals surface area contributed by atoms with E-state index in [4.69, 9.17) is 33.2 Å². The first kappa shape index (κ1) is 68.2. The zero-order valence-corrected chi connectivity index (χ0v) is 48.2. The van der Waals surface area contributed by atoms with E-state index in [1.54, 1.807) is 0 Å². The summed E-state index contributed by atoms with van der Waals surface area (Å²) in [6.07, 6.45) is 29.0. The Labute approximate surface area is 459 Å². The highest BCUT2D eigenvalue weighted by Crippen LogP contribution is 2.27. The lowest BCUT2D eigenvalue weighted by atomic mass is 10.1. The van der Waals surface area contributed by atoms with Crippen molar-refractivity contribution < 1.29 is 66.7 Å². The number of unbranched alkanes of at least 4 members (excludes halogenated alkanes) is 20. The molecule has 16 nitrogen and oxygen atoms in total. The van der Waals surface area contributed by atoms with E-state index in [0.717, 1.165) is 154 Å². The highest BCUT2D eigenvalue weighted by Gasteiger charge is 2.40. The minimum Gasteiger partial charge on any atom is -0.465 e. The van der Waals surface area contributed by atoms with E-state index in [-0.39, 0.29) is 109 Å². The zero-order valence-electron chi connectivity index (χ0n) is 48.2. The van der Waals surface area contributed by atoms with Gasteiger partial charge in [-0.05, 0) is 64.5 Å². The number of esters is 6. The van der Waals surface area contributed by atoms with Gasteiger partial charge in [0.05, 0.1) is 51.4 Å². The number of rotatable bonds is 47. The van der Waals surface area contributed by atoms with Crippen LogP contribution in [0, 0.1) is 11.8 Å². The van der Waals surface area contributed by atoms with E-state index in [9.17, 15) is 33.6 Å². The molecule has 0 bridgehead atoms. The quantitative estimate of drug-likeness (QED) is 0.0317. The van der Waals surface area contributed by atoms with Crippen LogP contribution < -0.4 is 0 Å². The van der Waals surface area contributed by atoms with Gasteiger partial charge in [-0.15, -0.1) is 0 Å². The van der Waals surface area contributed by atoms with Crippen LogP contribution in [-0.2, 0) is 61.9 Å². The number of piperidine rings is 1. The lowest BCUT2D eigenvalue weighted by molar-refractivity contribution is -0.155. The number of amides is 1. The number of hydrogen-bond donors (Lipinski definition) is 0. The van der Waals surface area contributed by atoms with Crippen molar-refractivity contribution in [2.75, 3.05) is 65.9 Å². The predicted molar refractivity (Wildman–Crippen MR) is 294 cm³/mol. The standard InChI is InChI=1S/C60H106N2O14/c1-5-9-13-17-21-26-32-54(63)71-44-50(45-72-55(64)33-27-22-18-14-10-6-2)42-58(67)75-48-52-36-37-53(62(52)60(69)70-41-40-61-38-30-25-31-39-61)49-76-59(68)43-51(46-73-56(65)34-28-23-19-15-11-7-3)47-74-57(66)35-29-24-20-16-12-8-4/h50-53H,5-49H2,1-4H3/t52-,53-/m0/s1. The van der Waals surface area contributed by atoms with Crippen molar-refractivity contribution in [3.05, 3.63) is 0 Å². The largest absolute Gasteiger partial charge is 0.465 e. The molecule has 440 valence electrons. The highest BCUT2D eigenvalue weighted by molar-refractivity contribution is 5.73. The van der Waals surface area contributed by atoms with Crippen LogP contribution in [0.1, 0.15) is 252 Å². The van der Waals surface area contributed by atoms with Crippen molar-refractivity contribution in [1.82, 2.24) is 9.80 Å². The average Bonchev–Trinajstić information content (AvgIpc) is 3.83. The maximum Gasteiger partial charge on any atom is 0.410 e. The van der Waals surface area contributed by atoms with Crippen LogP contribution in [0.5, 0.6) is 0 Å². The van der Waals surface area contributed by atoms with E-state index in [2.05, 4.69) is 32.6 Å². The van der Waals surface area contributed by atoms with Crippen LogP contribution in [-0.4, -0.2) is 130 Å². The van der Waals surface area contributed by atoms with Crippen LogP contribution in [0.15, 0.2) is 0 Å². The van der Waals surface area contributed by atoms with Gasteiger partial charge in [0.15, 0.2) is 0 Å². The number of nitrogens with zero attached hydrogens (tertiary/aromatic N) is 2. The number of hydrogen-bond acceptors (Lipinski definition) is 15. The van der Waals surface area contributed by atoms with Gasteiger partial charge < -0.3 is 33.2 Å². The second-order valence-electron chi connectivity index (χ2n) is 21.6. The van der Waals surface area contributed by atoms with E-state index in [0.29, 0.717) is 19.4 Å². The molecular formula is C60H106N2O14. The summed E-state index contributed by atoms with van der Waals surface area (Å²) in [5.41, 5.74) is 0. The topological polar surface area (TPSA) is 191 Å². The predicted octanol–water partition coefficient (Wildman–Crippen LogP) is 12.7. The van der Waals surface area contributed by atoms with Crippen LogP contribution in [0.4, 0.5) is 4.79 Å². The van der Waals surface area contributed by atoms with Gasteiger partial charge in [0.25, 0.3) is 0 Å². The third-order valence-electron chi connectivity index (χ3n) is 14.6. The van der Waals surface area contributed by atoms with Crippen LogP contribution in [0.2, 0.25) is 0 Å². The van der Waals surface area contributed by atoms with Gasteiger partial charge in [0.1, 0.15) is 19.8 Å². The fourth-order valence-corrected chi connectivity index (χ4v) is 9.74. The molecule has 0 aromatic rings. The highest BCUT2D eigenvalue weighted by atomic mass is 16.6. The van der Waals surface area contributed by atoms with Gasteiger partial charge in [-0.1, -0.05) is 163 Å². The molecule has 2 heterocycles. The Hall–Kier alpha value is -3.95. The molecule has 0 N–H and O–H groups in total. The smallest absolute Gasteiger partial charge is 0.410 e. The van der Waals surface area contributed by atoms with Crippen molar-refractivity contribution in [3.63, 3.8) is 0 Å². The molecule has 16 heteroatoms. The van der Waals surface area contributed by atoms with Gasteiger partial charge in [-0.25, -0.2) is 4.79 Å². The van der Waals surface area contributed by atoms with Crippen LogP contribution >= 0.6 is 0 Å². The van der Waals surface area contributed by atoms with Crippen molar-refractivity contribution in [3.8, 4) is 0 Å². The minimum atomic E-state index is -0.627. The Morgan fingerprint density at radius 2 is 0.697 bits per heavy atom. The molecule has 0 saturated carbocycles. The van der Waals surface area contributed by atoms with Crippen molar-refractivity contribution in [1.29, 1.82) is 0 Å². The van der Waals surface area contributed by atoms with E-state index < -0.39 is 42.0 Å². The molecule has 2 aliphatic heterocycles. The summed E-state index contributed by atoms with van der Waals surface area (Å²) in [5.74, 6) is -3.89. The molecule has 2 atom stereocenters. The lowest BCUT2D eigenvalue weighted by Gasteiger charge is -2.30. The second-order valence-corrected chi connectivity index (χ2v) is 21.6. The SMILES string of the molecule is CCCCCCCCC(=O)OCC(COC(=O)CCCCCCCC)CC(=O)OC[C@@H]1CC[C@@H](COC(=O)CC(COC(=O)CCCCCCCC)COC(=O)CCCCCCCC)N1C(=O)OCCN1CCCCC1. The number of ether oxygens (including phenoxy) is 7. The molecule has 0 aliphatic carbocycles. The first-order chi connectivity index (χ1) is 37.0. The summed E-state index contributed by atoms with van der Waals surface area (Å²) in [4.78, 5) is 95.6. The monoisotopic (exact) mass is 1080 g/mol. The Balaban J connectivity index is 2.10. The molecule has 76 heavy (non-hydrogen) atoms. The Morgan fingerprint density at radius 3 is 1.03 bits per heavy atom. The third-order valence-corrected chi connectivity index (χ3v) is 14.6. The summed E-state index contributed by atoms with van der Waals surface area (Å²) < 4.78 is 39.9. The molecule has 1 amide bonds. The molecular weight excluding hydrogens is 973 g/mol. The normalized spacial score (nSPS) is 15.7. The van der Waals surface area contributed by atoms with Gasteiger partial charge in [0, 0.05) is 44.1 Å². The van der Waals surface area contributed by atoms with Crippen molar-refractivity contribution >= 4 is 41.9 Å². The molecule has 0 unspecified atom stereocenters. The first-order valence-electron chi connectivity index (χ1n) is 30.6. The number of carbonyl (C=O) groups is 7. The maximum absolute atomic E-state index is 13.9. The number of likely N-dealkylation sites (tertiary alicyclic amines) is 2. The molecule has 2 rings (SSSR count). The Morgan fingerprint density at radius 1 is 0.382 bits per heavy atom. The summed E-state index contributed by atoms with van der Waals surface area (Å²) >= 11 is 0. The molecule has 0 spiro atoms. The van der Waals surface area contributed by atoms with Crippen molar-refractivity contribution in [2.45, 2.75) is 265 Å². The molecule has 2 fully saturated rings.